The van der Waals surface area contributed by atoms with Gasteiger partial charge in [-0.15, -0.1) is 0 Å². The molecule has 1 aliphatic rings. The number of ether oxygens (including phenoxy) is 3. The molecule has 2 heterocycles. The Morgan fingerprint density at radius 3 is 2.69 bits per heavy atom. The highest BCUT2D eigenvalue weighted by Crippen LogP contribution is 2.30. The summed E-state index contributed by atoms with van der Waals surface area (Å²) in [5, 5.41) is 8.51. The molecule has 0 fully saturated rings. The fourth-order valence-electron chi connectivity index (χ4n) is 3.55. The predicted octanol–water partition coefficient (Wildman–Crippen LogP) is 4.11. The third-order valence-electron chi connectivity index (χ3n) is 5.30. The Labute approximate surface area is 200 Å². The van der Waals surface area contributed by atoms with Crippen LogP contribution >= 0.6 is 0 Å². The summed E-state index contributed by atoms with van der Waals surface area (Å²) >= 11 is 0. The number of nitrogens with zero attached hydrogens (tertiary/aromatic N) is 3. The van der Waals surface area contributed by atoms with Crippen molar-refractivity contribution in [3.8, 4) is 11.5 Å². The van der Waals surface area contributed by atoms with Gasteiger partial charge in [0.2, 0.25) is 6.86 Å². The third kappa shape index (κ3) is 5.40. The molecule has 182 valence electrons. The number of anilines is 1. The summed E-state index contributed by atoms with van der Waals surface area (Å²) in [4.78, 5) is 31.4. The monoisotopic (exact) mass is 481 g/mol. The van der Waals surface area contributed by atoms with Gasteiger partial charge < -0.3 is 24.5 Å². The normalized spacial score (nSPS) is 15.3. The van der Waals surface area contributed by atoms with Gasteiger partial charge in [-0.1, -0.05) is 19.1 Å². The number of nitrogens with one attached hydrogen (secondary N) is 2. The van der Waals surface area contributed by atoms with Crippen LogP contribution in [0.5, 0.6) is 11.5 Å². The molecule has 0 bridgehead atoms. The molecule has 11 heteroatoms. The Morgan fingerprint density at radius 2 is 2.03 bits per heavy atom. The number of aromatic nitrogens is 2. The van der Waals surface area contributed by atoms with E-state index in [0.717, 1.165) is 5.56 Å². The van der Waals surface area contributed by atoms with E-state index in [1.54, 1.807) is 42.5 Å². The lowest BCUT2D eigenvalue weighted by molar-refractivity contribution is 0.0712. The second kappa shape index (κ2) is 10.7. The Balaban J connectivity index is 1.53. The van der Waals surface area contributed by atoms with Gasteiger partial charge in [0, 0.05) is 17.4 Å². The first-order chi connectivity index (χ1) is 17.0. The highest BCUT2D eigenvalue weighted by Gasteiger charge is 2.31. The van der Waals surface area contributed by atoms with Crippen molar-refractivity contribution >= 4 is 23.4 Å². The SMILES string of the molecule is CCC1OC(=O)N(Cc2ccc(NC(=O)c3c[nH]cn3)cc2)N=C1c1ccc(OC)c(OCF)c1. The number of cyclic esters (lactones) is 1. The van der Waals surface area contributed by atoms with Crippen LogP contribution in [0.15, 0.2) is 60.1 Å². The van der Waals surface area contributed by atoms with Gasteiger partial charge in [-0.05, 0) is 42.3 Å². The van der Waals surface area contributed by atoms with Crippen LogP contribution in [-0.4, -0.2) is 52.8 Å². The molecule has 0 spiro atoms. The summed E-state index contributed by atoms with van der Waals surface area (Å²) < 4.78 is 28.7. The van der Waals surface area contributed by atoms with E-state index in [2.05, 4.69) is 20.4 Å². The quantitative estimate of drug-likeness (QED) is 0.475. The smallest absolute Gasteiger partial charge is 0.431 e. The number of hydrogen-bond acceptors (Lipinski definition) is 7. The number of carbonyl (C=O) groups excluding carboxylic acids is 2. The van der Waals surface area contributed by atoms with Crippen molar-refractivity contribution in [1.82, 2.24) is 15.0 Å². The number of hydrazone groups is 1. The fourth-order valence-corrected chi connectivity index (χ4v) is 3.55. The van der Waals surface area contributed by atoms with Crippen LogP contribution in [0.3, 0.4) is 0 Å². The number of imidazole rings is 1. The largest absolute Gasteiger partial charge is 0.493 e. The molecule has 0 aliphatic carbocycles. The minimum absolute atomic E-state index is 0.149. The van der Waals surface area contributed by atoms with E-state index in [9.17, 15) is 14.0 Å². The summed E-state index contributed by atoms with van der Waals surface area (Å²) in [6.07, 6.45) is 2.29. The zero-order valence-corrected chi connectivity index (χ0v) is 19.2. The van der Waals surface area contributed by atoms with Crippen molar-refractivity contribution in [1.29, 1.82) is 0 Å². The maximum atomic E-state index is 12.8. The van der Waals surface area contributed by atoms with E-state index in [0.29, 0.717) is 29.1 Å². The van der Waals surface area contributed by atoms with Crippen LogP contribution in [0.25, 0.3) is 0 Å². The topological polar surface area (TPSA) is 118 Å². The zero-order valence-electron chi connectivity index (χ0n) is 19.2. The van der Waals surface area contributed by atoms with Crippen molar-refractivity contribution in [3.63, 3.8) is 0 Å². The first-order valence-corrected chi connectivity index (χ1v) is 10.8. The fraction of sp³-hybridized carbons (Fsp3) is 0.250. The number of amides is 2. The van der Waals surface area contributed by atoms with Crippen molar-refractivity contribution in [2.24, 2.45) is 5.10 Å². The van der Waals surface area contributed by atoms with Crippen molar-refractivity contribution in [3.05, 3.63) is 71.8 Å². The average molecular weight is 481 g/mol. The Morgan fingerprint density at radius 1 is 1.23 bits per heavy atom. The maximum absolute atomic E-state index is 12.8. The summed E-state index contributed by atoms with van der Waals surface area (Å²) in [7, 11) is 1.46. The van der Waals surface area contributed by atoms with E-state index in [-0.39, 0.29) is 23.9 Å². The molecule has 10 nitrogen and oxygen atoms in total. The molecule has 1 unspecified atom stereocenters. The van der Waals surface area contributed by atoms with E-state index in [1.165, 1.54) is 24.6 Å². The van der Waals surface area contributed by atoms with E-state index in [1.807, 2.05) is 6.92 Å². The molecule has 0 radical (unpaired) electrons. The van der Waals surface area contributed by atoms with Gasteiger partial charge in [0.15, 0.2) is 11.5 Å². The first-order valence-electron chi connectivity index (χ1n) is 10.8. The van der Waals surface area contributed by atoms with Gasteiger partial charge in [-0.25, -0.2) is 14.2 Å². The van der Waals surface area contributed by atoms with E-state index >= 15 is 0 Å². The number of halogens is 1. The molecule has 4 rings (SSSR count). The summed E-state index contributed by atoms with van der Waals surface area (Å²) in [6, 6.07) is 12.0. The first kappa shape index (κ1) is 23.7. The van der Waals surface area contributed by atoms with Gasteiger partial charge in [0.25, 0.3) is 5.91 Å². The van der Waals surface area contributed by atoms with Crippen LogP contribution in [-0.2, 0) is 11.3 Å². The molecule has 1 aliphatic heterocycles. The van der Waals surface area contributed by atoms with Gasteiger partial charge in [-0.2, -0.15) is 10.1 Å². The average Bonchev–Trinajstić information content (AvgIpc) is 3.42. The standard InChI is InChI=1S/C24H24FN5O5/c1-3-19-22(16-6-9-20(33-2)21(10-16)34-13-25)29-30(24(32)35-19)12-15-4-7-17(8-5-15)28-23(31)18-11-26-14-27-18/h4-11,14,19H,3,12-13H2,1-2H3,(H,26,27)(H,28,31). The summed E-state index contributed by atoms with van der Waals surface area (Å²) in [5.74, 6) is 0.263. The number of benzene rings is 2. The van der Waals surface area contributed by atoms with Crippen molar-refractivity contribution in [2.45, 2.75) is 26.0 Å². The number of alkyl halides is 1. The molecular weight excluding hydrogens is 457 g/mol. The highest BCUT2D eigenvalue weighted by molar-refractivity contribution is 6.06. The number of hydrogen-bond donors (Lipinski definition) is 2. The second-order valence-electron chi connectivity index (χ2n) is 7.55. The Bertz CT molecular complexity index is 1210. The van der Waals surface area contributed by atoms with Crippen LogP contribution in [0.2, 0.25) is 0 Å². The zero-order chi connectivity index (χ0) is 24.8. The van der Waals surface area contributed by atoms with Crippen LogP contribution in [0, 0.1) is 0 Å². The second-order valence-corrected chi connectivity index (χ2v) is 7.55. The number of carbonyl (C=O) groups is 2. The maximum Gasteiger partial charge on any atom is 0.431 e. The highest BCUT2D eigenvalue weighted by atomic mass is 19.1. The van der Waals surface area contributed by atoms with Crippen LogP contribution in [0.4, 0.5) is 14.9 Å². The molecular formula is C24H24FN5O5. The molecule has 1 aromatic heterocycles. The molecule has 35 heavy (non-hydrogen) atoms. The van der Waals surface area contributed by atoms with E-state index in [4.69, 9.17) is 14.2 Å². The minimum Gasteiger partial charge on any atom is -0.493 e. The lowest BCUT2D eigenvalue weighted by Gasteiger charge is -2.29. The lowest BCUT2D eigenvalue weighted by atomic mass is 10.0. The van der Waals surface area contributed by atoms with Gasteiger partial charge in [0.1, 0.15) is 17.5 Å². The molecule has 2 aromatic carbocycles. The van der Waals surface area contributed by atoms with E-state index < -0.39 is 19.1 Å². The number of rotatable bonds is 9. The van der Waals surface area contributed by atoms with Crippen LogP contribution < -0.4 is 14.8 Å². The molecule has 2 N–H and O–H groups in total. The van der Waals surface area contributed by atoms with Gasteiger partial charge >= 0.3 is 6.09 Å². The van der Waals surface area contributed by atoms with Gasteiger partial charge in [0.05, 0.1) is 20.0 Å². The predicted molar refractivity (Wildman–Crippen MR) is 125 cm³/mol. The lowest BCUT2D eigenvalue weighted by Crippen LogP contribution is -2.41. The Kier molecular flexibility index (Phi) is 7.24. The number of methoxy groups -OCH3 is 1. The number of H-pyrrole nitrogens is 1. The molecule has 1 atom stereocenters. The molecule has 0 saturated heterocycles. The van der Waals surface area contributed by atoms with Crippen molar-refractivity contribution in [2.75, 3.05) is 19.3 Å². The number of aromatic amines is 1. The summed E-state index contributed by atoms with van der Waals surface area (Å²) in [5.41, 5.74) is 2.76. The molecule has 0 saturated carbocycles. The molecule has 2 amide bonds. The van der Waals surface area contributed by atoms with Gasteiger partial charge in [-0.3, -0.25) is 4.79 Å². The third-order valence-corrected chi connectivity index (χ3v) is 5.30. The summed E-state index contributed by atoms with van der Waals surface area (Å²) in [6.45, 7) is 1.01. The molecule has 3 aromatic rings. The Hall–Kier alpha value is -4.41. The minimum atomic E-state index is -1.01. The van der Waals surface area contributed by atoms with Crippen molar-refractivity contribution < 1.29 is 28.2 Å². The van der Waals surface area contributed by atoms with Crippen LogP contribution in [0.1, 0.15) is 35.0 Å².